The largest absolute Gasteiger partial charge is 0.300 e. The average molecular weight is 212 g/mol. The number of hydrogen-bond donors (Lipinski definition) is 1. The van der Waals surface area contributed by atoms with E-state index in [1.165, 1.54) is 38.8 Å². The van der Waals surface area contributed by atoms with Gasteiger partial charge in [-0.1, -0.05) is 0 Å². The van der Waals surface area contributed by atoms with Crippen molar-refractivity contribution < 1.29 is 28.9 Å². The molecule has 0 aromatic heterocycles. The Labute approximate surface area is 79.3 Å². The first kappa shape index (κ1) is 11.2. The Morgan fingerprint density at radius 3 is 1.77 bits per heavy atom. The molecule has 5 nitrogen and oxygen atoms in total. The monoisotopic (exact) mass is 211 g/mol. The van der Waals surface area contributed by atoms with Crippen LogP contribution < -0.4 is 14.0 Å². The molecule has 0 aliphatic carbocycles. The van der Waals surface area contributed by atoms with Crippen LogP contribution >= 0.6 is 0 Å². The molecule has 0 saturated carbocycles. The van der Waals surface area contributed by atoms with Crippen molar-refractivity contribution in [3.8, 4) is 0 Å². The van der Waals surface area contributed by atoms with E-state index in [4.69, 9.17) is 18.6 Å². The molecule has 6 heteroatoms. The van der Waals surface area contributed by atoms with E-state index in [0.29, 0.717) is 0 Å². The summed E-state index contributed by atoms with van der Waals surface area (Å²) in [5.41, 5.74) is 0. The summed E-state index contributed by atoms with van der Waals surface area (Å²) in [6, 6.07) is 1.01. The maximum atomic E-state index is 8.60. The van der Waals surface area contributed by atoms with Gasteiger partial charge in [0.1, 0.15) is 0 Å². The van der Waals surface area contributed by atoms with Crippen molar-refractivity contribution >= 4 is 0 Å². The molecule has 13 heavy (non-hydrogen) atoms. The zero-order valence-electron chi connectivity index (χ0n) is 7.32. The molecule has 0 aromatic rings. The Kier molecular flexibility index (Phi) is 3.90. The summed E-state index contributed by atoms with van der Waals surface area (Å²) in [7, 11) is -4.69. The zero-order valence-corrected chi connectivity index (χ0v) is 8.07. The van der Waals surface area contributed by atoms with Crippen LogP contribution in [0.1, 0.15) is 25.7 Å². The van der Waals surface area contributed by atoms with Crippen molar-refractivity contribution in [1.82, 2.24) is 4.90 Å². The summed E-state index contributed by atoms with van der Waals surface area (Å²) in [4.78, 5) is 2.64. The summed E-state index contributed by atoms with van der Waals surface area (Å²) < 4.78 is 32.7. The van der Waals surface area contributed by atoms with E-state index in [2.05, 4.69) is 4.90 Å². The standard InChI is InChI=1S/C7H13N.ClHO4/c1-3-7-4-2-6-8(7)5-1;2-1(3,4)5/h7H,1-6H2;(H,2,3,4,5). The van der Waals surface area contributed by atoms with Gasteiger partial charge in [-0.05, 0) is 38.8 Å². The van der Waals surface area contributed by atoms with Gasteiger partial charge < -0.3 is 4.90 Å². The van der Waals surface area contributed by atoms with Gasteiger partial charge >= 0.3 is 0 Å². The molecule has 0 bridgehead atoms. The third-order valence-electron chi connectivity index (χ3n) is 2.48. The van der Waals surface area contributed by atoms with Gasteiger partial charge in [0.25, 0.3) is 0 Å². The van der Waals surface area contributed by atoms with E-state index in [1.54, 1.807) is 0 Å². The Morgan fingerprint density at radius 1 is 1.08 bits per heavy atom. The lowest BCUT2D eigenvalue weighted by Gasteiger charge is -2.11. The SMILES string of the molecule is C1CC2CCCN2C1.[O-][Cl+3]([O-])([O-])O. The first-order valence-electron chi connectivity index (χ1n) is 4.34. The summed E-state index contributed by atoms with van der Waals surface area (Å²) in [6.45, 7) is 2.79. The molecule has 0 radical (unpaired) electrons. The van der Waals surface area contributed by atoms with E-state index in [9.17, 15) is 0 Å². The van der Waals surface area contributed by atoms with Crippen LogP contribution in [0.25, 0.3) is 0 Å². The lowest BCUT2D eigenvalue weighted by molar-refractivity contribution is -1.92. The van der Waals surface area contributed by atoms with Crippen LogP contribution in [0.4, 0.5) is 0 Å². The van der Waals surface area contributed by atoms with Crippen molar-refractivity contribution in [2.75, 3.05) is 13.1 Å². The molecule has 1 N–H and O–H groups in total. The summed E-state index contributed by atoms with van der Waals surface area (Å²) in [6.07, 6.45) is 5.90. The molecule has 2 aliphatic rings. The summed E-state index contributed by atoms with van der Waals surface area (Å²) >= 11 is 0. The van der Waals surface area contributed by atoms with Gasteiger partial charge in [-0.2, -0.15) is 14.0 Å². The lowest BCUT2D eigenvalue weighted by Crippen LogP contribution is -2.58. The second kappa shape index (κ2) is 4.54. The molecule has 0 aromatic carbocycles. The molecule has 2 fully saturated rings. The highest BCUT2D eigenvalue weighted by Gasteiger charge is 2.27. The summed E-state index contributed by atoms with van der Waals surface area (Å²) in [5.74, 6) is 0. The Balaban J connectivity index is 0.000000149. The highest BCUT2D eigenvalue weighted by atomic mass is 35.7. The molecule has 2 rings (SSSR count). The maximum Gasteiger partial charge on any atom is 0.0777 e. The first-order valence-corrected chi connectivity index (χ1v) is 5.60. The molecule has 0 unspecified atom stereocenters. The van der Waals surface area contributed by atoms with Crippen molar-refractivity contribution in [1.29, 1.82) is 0 Å². The molecule has 2 saturated heterocycles. The van der Waals surface area contributed by atoms with E-state index in [0.717, 1.165) is 6.04 Å². The van der Waals surface area contributed by atoms with E-state index in [-0.39, 0.29) is 0 Å². The van der Waals surface area contributed by atoms with E-state index in [1.807, 2.05) is 0 Å². The number of fused-ring (bicyclic) bond motifs is 1. The molecule has 0 amide bonds. The van der Waals surface area contributed by atoms with Crippen LogP contribution in [0.3, 0.4) is 0 Å². The van der Waals surface area contributed by atoms with Crippen molar-refractivity contribution in [3.05, 3.63) is 0 Å². The topological polar surface area (TPSA) is 92.7 Å². The molecule has 2 heterocycles. The van der Waals surface area contributed by atoms with Crippen molar-refractivity contribution in [3.63, 3.8) is 0 Å². The smallest absolute Gasteiger partial charge is 0.0777 e. The molecule has 2 aliphatic heterocycles. The molecular weight excluding hydrogens is 198 g/mol. The fourth-order valence-corrected chi connectivity index (χ4v) is 2.05. The van der Waals surface area contributed by atoms with Crippen LogP contribution in [0.2, 0.25) is 0 Å². The fraction of sp³-hybridized carbons (Fsp3) is 1.00. The number of nitrogens with zero attached hydrogens (tertiary/aromatic N) is 1. The van der Waals surface area contributed by atoms with Crippen LogP contribution in [-0.2, 0) is 0 Å². The molecule has 78 valence electrons. The van der Waals surface area contributed by atoms with Gasteiger partial charge in [-0.3, -0.25) is 0 Å². The highest BCUT2D eigenvalue weighted by molar-refractivity contribution is 4.84. The van der Waals surface area contributed by atoms with Crippen LogP contribution in [0.15, 0.2) is 0 Å². The maximum absolute atomic E-state index is 8.60. The first-order chi connectivity index (χ1) is 5.97. The Hall–Kier alpha value is 0.0900. The van der Waals surface area contributed by atoms with Gasteiger partial charge in [0.2, 0.25) is 0 Å². The van der Waals surface area contributed by atoms with Gasteiger partial charge in [-0.15, -0.1) is 0 Å². The number of rotatable bonds is 0. The normalized spacial score (nSPS) is 24.0. The number of hydrogen-bond acceptors (Lipinski definition) is 5. The van der Waals surface area contributed by atoms with Crippen molar-refractivity contribution in [2.45, 2.75) is 31.7 Å². The van der Waals surface area contributed by atoms with Crippen LogP contribution in [0, 0.1) is 10.2 Å². The van der Waals surface area contributed by atoms with E-state index < -0.39 is 10.2 Å². The van der Waals surface area contributed by atoms with Crippen LogP contribution in [-0.4, -0.2) is 28.7 Å². The highest BCUT2D eigenvalue weighted by Crippen LogP contribution is 2.26. The number of halogens is 1. The quantitative estimate of drug-likeness (QED) is 0.465. The molecular formula is C7H14ClNO4. The minimum absolute atomic E-state index is 1.01. The van der Waals surface area contributed by atoms with Crippen molar-refractivity contribution in [2.24, 2.45) is 0 Å². The van der Waals surface area contributed by atoms with Gasteiger partial charge in [0.15, 0.2) is 0 Å². The predicted octanol–water partition coefficient (Wildman–Crippen LogP) is -2.88. The zero-order chi connectivity index (χ0) is 9.90. The second-order valence-electron chi connectivity index (χ2n) is 3.37. The summed E-state index contributed by atoms with van der Waals surface area (Å²) in [5, 5.41) is 0. The minimum Gasteiger partial charge on any atom is -0.300 e. The Morgan fingerprint density at radius 2 is 1.46 bits per heavy atom. The molecule has 0 spiro atoms. The lowest BCUT2D eigenvalue weighted by atomic mass is 10.2. The van der Waals surface area contributed by atoms with Gasteiger partial charge in [0, 0.05) is 6.04 Å². The van der Waals surface area contributed by atoms with Crippen LogP contribution in [0.5, 0.6) is 0 Å². The van der Waals surface area contributed by atoms with E-state index >= 15 is 0 Å². The van der Waals surface area contributed by atoms with Gasteiger partial charge in [-0.25, -0.2) is 0 Å². The third-order valence-corrected chi connectivity index (χ3v) is 2.48. The second-order valence-corrected chi connectivity index (χ2v) is 4.16. The fourth-order valence-electron chi connectivity index (χ4n) is 2.05. The Bertz CT molecular complexity index is 135. The van der Waals surface area contributed by atoms with Gasteiger partial charge in [0.05, 0.1) is 14.9 Å². The predicted molar refractivity (Wildman–Crippen MR) is 36.0 cm³/mol. The minimum atomic E-state index is -4.69. The average Bonchev–Trinajstić information content (AvgIpc) is 2.36. The third kappa shape index (κ3) is 4.75. The molecule has 0 atom stereocenters.